The summed E-state index contributed by atoms with van der Waals surface area (Å²) in [4.78, 5) is 49.3. The molecular weight excluding hydrogens is 629 g/mol. The van der Waals surface area contributed by atoms with Crippen LogP contribution in [0.4, 0.5) is 0 Å². The lowest BCUT2D eigenvalue weighted by molar-refractivity contribution is -0.143. The lowest BCUT2D eigenvalue weighted by Crippen LogP contribution is -2.59. The number of para-hydroxylation sites is 2. The number of aryl methyl sites for hydroxylation is 1. The van der Waals surface area contributed by atoms with E-state index in [-0.39, 0.29) is 28.6 Å². The first-order valence-electron chi connectivity index (χ1n) is 17.4. The number of hydrogen-bond donors (Lipinski definition) is 3. The van der Waals surface area contributed by atoms with Crippen molar-refractivity contribution in [2.75, 3.05) is 6.54 Å². The van der Waals surface area contributed by atoms with Crippen molar-refractivity contribution in [2.45, 2.75) is 109 Å². The van der Waals surface area contributed by atoms with Crippen LogP contribution in [0.25, 0.3) is 11.0 Å². The van der Waals surface area contributed by atoms with Gasteiger partial charge in [-0.25, -0.2) is 13.4 Å². The third kappa shape index (κ3) is 4.71. The van der Waals surface area contributed by atoms with Crippen LogP contribution in [0.1, 0.15) is 85.4 Å². The van der Waals surface area contributed by atoms with Gasteiger partial charge in [0.15, 0.2) is 0 Å². The molecule has 4 aliphatic carbocycles. The quantitative estimate of drug-likeness (QED) is 0.327. The minimum atomic E-state index is -3.81. The molecule has 48 heavy (non-hydrogen) atoms. The second-order valence-corrected chi connectivity index (χ2v) is 18.7. The van der Waals surface area contributed by atoms with Gasteiger partial charge in [-0.3, -0.25) is 24.4 Å². The number of nitrogens with one attached hydrogen (secondary N) is 3. The normalized spacial score (nSPS) is 30.6. The van der Waals surface area contributed by atoms with Crippen LogP contribution in [0.15, 0.2) is 36.9 Å². The van der Waals surface area contributed by atoms with Crippen LogP contribution in [0.2, 0.25) is 0 Å². The molecule has 3 amide bonds. The number of aromatic nitrogens is 2. The first kappa shape index (κ1) is 33.3. The van der Waals surface area contributed by atoms with E-state index in [4.69, 9.17) is 4.98 Å². The van der Waals surface area contributed by atoms with Crippen molar-refractivity contribution in [1.82, 2.24) is 29.8 Å². The number of likely N-dealkylation sites (tertiary alicyclic amines) is 1. The minimum absolute atomic E-state index is 0.0415. The number of carbonyl (C=O) groups is 3. The van der Waals surface area contributed by atoms with E-state index in [0.717, 1.165) is 36.1 Å². The van der Waals surface area contributed by atoms with E-state index in [9.17, 15) is 22.8 Å². The fourth-order valence-electron chi connectivity index (χ4n) is 9.56. The average molecular weight is 679 g/mol. The summed E-state index contributed by atoms with van der Waals surface area (Å²) in [5.41, 5.74) is -0.163. The molecule has 1 saturated heterocycles. The Hall–Kier alpha value is -3.25. The van der Waals surface area contributed by atoms with Gasteiger partial charge in [0.1, 0.15) is 17.4 Å². The molecule has 0 unspecified atom stereocenters. The van der Waals surface area contributed by atoms with E-state index in [2.05, 4.69) is 35.8 Å². The minimum Gasteiger partial charge on any atom is -0.339 e. The highest BCUT2D eigenvalue weighted by atomic mass is 32.2. The summed E-state index contributed by atoms with van der Waals surface area (Å²) >= 11 is 0. The van der Waals surface area contributed by atoms with Gasteiger partial charge in [-0.2, -0.15) is 0 Å². The van der Waals surface area contributed by atoms with Crippen LogP contribution in [0.3, 0.4) is 0 Å². The van der Waals surface area contributed by atoms with Gasteiger partial charge in [0.2, 0.25) is 21.8 Å². The van der Waals surface area contributed by atoms with Crippen LogP contribution in [0.5, 0.6) is 0 Å². The van der Waals surface area contributed by atoms with E-state index >= 15 is 0 Å². The Kier molecular flexibility index (Phi) is 7.36. The van der Waals surface area contributed by atoms with Crippen molar-refractivity contribution in [2.24, 2.45) is 34.6 Å². The highest BCUT2D eigenvalue weighted by Gasteiger charge is 2.85. The SMILES string of the molecule is C=C[C@@H]1C[C@]1(NC(=O)[C@@H]1C[C@@]2(CN1C(=O)[C@@H](NCc1nc3ccccc3n1C)C(C)(C)C)C(C)(C)C21CCC1)C(=O)NS(=O)(=O)C1CC1. The molecule has 260 valence electrons. The van der Waals surface area contributed by atoms with Crippen molar-refractivity contribution < 1.29 is 22.8 Å². The number of imidazole rings is 1. The Morgan fingerprint density at radius 1 is 1.10 bits per heavy atom. The lowest BCUT2D eigenvalue weighted by Gasteiger charge is -2.36. The van der Waals surface area contributed by atoms with Gasteiger partial charge >= 0.3 is 0 Å². The second kappa shape index (κ2) is 10.6. The summed E-state index contributed by atoms with van der Waals surface area (Å²) in [5, 5.41) is 5.93. The standard InChI is InChI=1S/C36H50N6O5S/c1-8-22-18-36(22,31(45)40-48(46,47)23-14-15-23)39-29(43)26-19-35(33(5,6)34(35)16-11-17-34)21-42(26)30(44)28(32(2,3)4)37-20-27-38-24-12-9-10-13-25(24)41(27)7/h8-10,12-13,22-23,26,28,37H,1,11,14-21H2,2-7H3,(H,39,43)(H,40,45)/t22-,26+,28-,35-,36-/m1/s1. The zero-order chi connectivity index (χ0) is 34.7. The molecule has 5 atom stereocenters. The highest BCUT2D eigenvalue weighted by molar-refractivity contribution is 7.91. The summed E-state index contributed by atoms with van der Waals surface area (Å²) in [6, 6.07) is 6.50. The van der Waals surface area contributed by atoms with Crippen LogP contribution in [-0.2, 0) is 38.0 Å². The molecule has 2 spiro atoms. The van der Waals surface area contributed by atoms with Gasteiger partial charge in [-0.15, -0.1) is 6.58 Å². The van der Waals surface area contributed by atoms with E-state index < -0.39 is 56.0 Å². The maximum atomic E-state index is 14.8. The molecule has 4 saturated carbocycles. The van der Waals surface area contributed by atoms with E-state index in [1.165, 1.54) is 0 Å². The Bertz CT molecular complexity index is 1820. The fraction of sp³-hybridized carbons (Fsp3) is 0.667. The molecule has 1 aromatic heterocycles. The average Bonchev–Trinajstić information content (AvgIpc) is 3.92. The van der Waals surface area contributed by atoms with Crippen molar-refractivity contribution >= 4 is 38.8 Å². The summed E-state index contributed by atoms with van der Waals surface area (Å²) in [5.74, 6) is -0.884. The molecule has 11 nitrogen and oxygen atoms in total. The molecule has 12 heteroatoms. The molecule has 1 aliphatic heterocycles. The zero-order valence-corrected chi connectivity index (χ0v) is 29.9. The van der Waals surface area contributed by atoms with Crippen LogP contribution < -0.4 is 15.4 Å². The second-order valence-electron chi connectivity index (χ2n) is 16.8. The molecule has 0 radical (unpaired) electrons. The van der Waals surface area contributed by atoms with Crippen molar-refractivity contribution in [3.63, 3.8) is 0 Å². The van der Waals surface area contributed by atoms with Gasteiger partial charge in [-0.1, -0.05) is 59.2 Å². The summed E-state index contributed by atoms with van der Waals surface area (Å²) < 4.78 is 29.7. The van der Waals surface area contributed by atoms with E-state index in [1.54, 1.807) is 11.0 Å². The third-order valence-corrected chi connectivity index (χ3v) is 14.9. The maximum absolute atomic E-state index is 14.8. The summed E-state index contributed by atoms with van der Waals surface area (Å²) in [7, 11) is -1.84. The van der Waals surface area contributed by atoms with Crippen LogP contribution in [0, 0.1) is 27.6 Å². The number of sulfonamides is 1. The molecule has 5 fully saturated rings. The number of hydrogen-bond acceptors (Lipinski definition) is 7. The lowest BCUT2D eigenvalue weighted by atomic mass is 9.73. The number of rotatable bonds is 10. The van der Waals surface area contributed by atoms with Crippen molar-refractivity contribution in [3.8, 4) is 0 Å². The molecule has 7 rings (SSSR count). The van der Waals surface area contributed by atoms with Gasteiger partial charge in [0.05, 0.1) is 28.9 Å². The van der Waals surface area contributed by atoms with Crippen molar-refractivity contribution in [1.29, 1.82) is 0 Å². The molecule has 3 N–H and O–H groups in total. The first-order valence-corrected chi connectivity index (χ1v) is 18.9. The number of carbonyl (C=O) groups excluding carboxylic acids is 3. The van der Waals surface area contributed by atoms with Crippen LogP contribution in [-0.4, -0.2) is 70.0 Å². The van der Waals surface area contributed by atoms with Gasteiger partial charge in [0.25, 0.3) is 5.91 Å². The largest absolute Gasteiger partial charge is 0.339 e. The van der Waals surface area contributed by atoms with Crippen molar-refractivity contribution in [3.05, 3.63) is 42.7 Å². The molecule has 1 aromatic carbocycles. The predicted molar refractivity (Wildman–Crippen MR) is 183 cm³/mol. The van der Waals surface area contributed by atoms with Gasteiger partial charge < -0.3 is 14.8 Å². The molecule has 0 bridgehead atoms. The molecule has 2 aromatic rings. The van der Waals surface area contributed by atoms with E-state index in [1.807, 2.05) is 56.7 Å². The van der Waals surface area contributed by atoms with Crippen LogP contribution >= 0.6 is 0 Å². The number of amides is 3. The summed E-state index contributed by atoms with van der Waals surface area (Å²) in [6.07, 6.45) is 6.70. The van der Waals surface area contributed by atoms with Gasteiger partial charge in [-0.05, 0) is 66.9 Å². The molecule has 2 heterocycles. The smallest absolute Gasteiger partial charge is 0.259 e. The molecule has 5 aliphatic rings. The maximum Gasteiger partial charge on any atom is 0.259 e. The van der Waals surface area contributed by atoms with E-state index in [0.29, 0.717) is 32.4 Å². The zero-order valence-electron chi connectivity index (χ0n) is 29.1. The monoisotopic (exact) mass is 678 g/mol. The third-order valence-electron chi connectivity index (χ3n) is 13.1. The fourth-order valence-corrected chi connectivity index (χ4v) is 10.9. The highest BCUT2D eigenvalue weighted by Crippen LogP contribution is 2.88. The molecular formula is C36H50N6O5S. The Balaban J connectivity index is 1.17. The Morgan fingerprint density at radius 2 is 1.79 bits per heavy atom. The Morgan fingerprint density at radius 3 is 2.33 bits per heavy atom. The Labute approximate surface area is 283 Å². The topological polar surface area (TPSA) is 142 Å². The predicted octanol–water partition coefficient (Wildman–Crippen LogP) is 3.54. The first-order chi connectivity index (χ1) is 22.4. The number of benzene rings is 1. The van der Waals surface area contributed by atoms with Gasteiger partial charge in [0, 0.05) is 24.9 Å². The number of nitrogens with zero attached hydrogens (tertiary/aromatic N) is 3. The number of fused-ring (bicyclic) bond motifs is 2. The summed E-state index contributed by atoms with van der Waals surface area (Å²) in [6.45, 7) is 15.3.